The summed E-state index contributed by atoms with van der Waals surface area (Å²) in [6, 6.07) is 13.2. The molecule has 0 atom stereocenters. The molecule has 0 aliphatic carbocycles. The zero-order valence-corrected chi connectivity index (χ0v) is 14.9. The minimum absolute atomic E-state index is 0.0497. The molecule has 0 heterocycles. The van der Waals surface area contributed by atoms with E-state index in [9.17, 15) is 4.79 Å². The number of rotatable bonds is 11. The van der Waals surface area contributed by atoms with Crippen LogP contribution in [0.25, 0.3) is 0 Å². The number of para-hydroxylation sites is 1. The predicted molar refractivity (Wildman–Crippen MR) is 100 cm³/mol. The maximum absolute atomic E-state index is 10.8. The van der Waals surface area contributed by atoms with Crippen LogP contribution in [-0.4, -0.2) is 31.4 Å². The third kappa shape index (κ3) is 5.84. The summed E-state index contributed by atoms with van der Waals surface area (Å²) in [4.78, 5) is 10.8. The summed E-state index contributed by atoms with van der Waals surface area (Å²) in [6.07, 6.45) is 3.03. The number of benzene rings is 2. The van der Waals surface area contributed by atoms with Crippen LogP contribution in [0, 0.1) is 0 Å². The maximum Gasteiger partial charge on any atom is 0.303 e. The van der Waals surface area contributed by atoms with E-state index in [4.69, 9.17) is 19.3 Å². The molecule has 0 bridgehead atoms. The van der Waals surface area contributed by atoms with Crippen LogP contribution >= 0.6 is 0 Å². The average Bonchev–Trinajstić information content (AvgIpc) is 2.65. The van der Waals surface area contributed by atoms with Gasteiger partial charge >= 0.3 is 5.97 Å². The van der Waals surface area contributed by atoms with E-state index in [-0.39, 0.29) is 6.42 Å². The largest absolute Gasteiger partial charge is 0.497 e. The smallest absolute Gasteiger partial charge is 0.303 e. The molecule has 2 rings (SSSR count). The van der Waals surface area contributed by atoms with Gasteiger partial charge in [0.15, 0.2) is 0 Å². The second kappa shape index (κ2) is 10.1. The first-order valence-electron chi connectivity index (χ1n) is 8.47. The molecule has 0 saturated heterocycles. The lowest BCUT2D eigenvalue weighted by atomic mass is 10.1. The van der Waals surface area contributed by atoms with Crippen molar-refractivity contribution in [3.05, 3.63) is 66.2 Å². The van der Waals surface area contributed by atoms with Crippen LogP contribution in [0.5, 0.6) is 17.2 Å². The molecule has 0 aliphatic rings. The Bertz CT molecular complexity index is 739. The first kappa shape index (κ1) is 19.4. The molecule has 0 aromatic heterocycles. The van der Waals surface area contributed by atoms with E-state index in [1.165, 1.54) is 0 Å². The maximum atomic E-state index is 10.8. The molecule has 0 amide bonds. The predicted octanol–water partition coefficient (Wildman–Crippen LogP) is 3.90. The molecule has 0 spiro atoms. The standard InChI is InChI=1S/C21H24O5/c1-3-6-16-7-4-5-8-19(16)25-13-14-26-20-15-18(24-2)11-9-17(20)10-12-21(22)23/h3-5,7-9,11,15H,1,6,10,12-14H2,2H3,(H,22,23). The molecule has 138 valence electrons. The third-order valence-corrected chi connectivity index (χ3v) is 3.82. The molecular formula is C21H24O5. The van der Waals surface area contributed by atoms with Crippen molar-refractivity contribution in [1.82, 2.24) is 0 Å². The molecule has 0 radical (unpaired) electrons. The molecule has 5 nitrogen and oxygen atoms in total. The van der Waals surface area contributed by atoms with Gasteiger partial charge < -0.3 is 19.3 Å². The van der Waals surface area contributed by atoms with Gasteiger partial charge in [0.2, 0.25) is 0 Å². The van der Waals surface area contributed by atoms with Crippen molar-refractivity contribution >= 4 is 5.97 Å². The monoisotopic (exact) mass is 356 g/mol. The van der Waals surface area contributed by atoms with E-state index < -0.39 is 5.97 Å². The minimum Gasteiger partial charge on any atom is -0.497 e. The lowest BCUT2D eigenvalue weighted by Gasteiger charge is -2.14. The van der Waals surface area contributed by atoms with Crippen molar-refractivity contribution < 1.29 is 24.1 Å². The van der Waals surface area contributed by atoms with Gasteiger partial charge in [0.05, 0.1) is 7.11 Å². The number of aliphatic carboxylic acids is 1. The lowest BCUT2D eigenvalue weighted by Crippen LogP contribution is -2.11. The van der Waals surface area contributed by atoms with E-state index in [0.717, 1.165) is 23.3 Å². The Kier molecular flexibility index (Phi) is 7.55. The number of ether oxygens (including phenoxy) is 3. The number of methoxy groups -OCH3 is 1. The SMILES string of the molecule is C=CCc1ccccc1OCCOc1cc(OC)ccc1CCC(=O)O. The molecule has 2 aromatic rings. The highest BCUT2D eigenvalue weighted by Crippen LogP contribution is 2.26. The quantitative estimate of drug-likeness (QED) is 0.489. The normalized spacial score (nSPS) is 10.2. The van der Waals surface area contributed by atoms with Crippen molar-refractivity contribution in [2.24, 2.45) is 0 Å². The van der Waals surface area contributed by atoms with E-state index in [1.54, 1.807) is 19.2 Å². The topological polar surface area (TPSA) is 65.0 Å². The Morgan fingerprint density at radius 3 is 2.50 bits per heavy atom. The van der Waals surface area contributed by atoms with Crippen LogP contribution < -0.4 is 14.2 Å². The minimum atomic E-state index is -0.839. The van der Waals surface area contributed by atoms with Gasteiger partial charge in [-0.05, 0) is 36.1 Å². The fourth-order valence-electron chi connectivity index (χ4n) is 2.52. The molecule has 2 aromatic carbocycles. The zero-order valence-electron chi connectivity index (χ0n) is 14.9. The molecule has 0 fully saturated rings. The Balaban J connectivity index is 1.96. The second-order valence-electron chi connectivity index (χ2n) is 5.66. The Hall–Kier alpha value is -2.95. The van der Waals surface area contributed by atoms with Crippen LogP contribution in [0.1, 0.15) is 17.5 Å². The summed E-state index contributed by atoms with van der Waals surface area (Å²) in [5.74, 6) is 1.26. The van der Waals surface area contributed by atoms with Gasteiger partial charge in [-0.25, -0.2) is 0 Å². The van der Waals surface area contributed by atoms with E-state index in [0.29, 0.717) is 31.1 Å². The molecule has 26 heavy (non-hydrogen) atoms. The molecule has 0 aliphatic heterocycles. The fraction of sp³-hybridized carbons (Fsp3) is 0.286. The molecule has 5 heteroatoms. The van der Waals surface area contributed by atoms with Crippen LogP contribution in [0.3, 0.4) is 0 Å². The summed E-state index contributed by atoms with van der Waals surface area (Å²) < 4.78 is 16.8. The van der Waals surface area contributed by atoms with Gasteiger partial charge in [0, 0.05) is 12.5 Å². The van der Waals surface area contributed by atoms with E-state index in [1.807, 2.05) is 36.4 Å². The van der Waals surface area contributed by atoms with Crippen LogP contribution in [0.4, 0.5) is 0 Å². The third-order valence-electron chi connectivity index (χ3n) is 3.82. The Morgan fingerprint density at radius 1 is 1.08 bits per heavy atom. The van der Waals surface area contributed by atoms with E-state index >= 15 is 0 Å². The van der Waals surface area contributed by atoms with Crippen molar-refractivity contribution in [2.75, 3.05) is 20.3 Å². The first-order chi connectivity index (χ1) is 12.6. The van der Waals surface area contributed by atoms with Crippen molar-refractivity contribution in [3.8, 4) is 17.2 Å². The summed E-state index contributed by atoms with van der Waals surface area (Å²) in [6.45, 7) is 4.48. The van der Waals surface area contributed by atoms with Gasteiger partial charge in [0.1, 0.15) is 30.5 Å². The molecule has 0 unspecified atom stereocenters. The Morgan fingerprint density at radius 2 is 1.81 bits per heavy atom. The van der Waals surface area contributed by atoms with Crippen LogP contribution in [-0.2, 0) is 17.6 Å². The zero-order chi connectivity index (χ0) is 18.8. The summed E-state index contributed by atoms with van der Waals surface area (Å²) >= 11 is 0. The number of carboxylic acid groups (broad SMARTS) is 1. The first-order valence-corrected chi connectivity index (χ1v) is 8.47. The van der Waals surface area contributed by atoms with Gasteiger partial charge in [0.25, 0.3) is 0 Å². The number of aryl methyl sites for hydroxylation is 1. The summed E-state index contributed by atoms with van der Waals surface area (Å²) in [5, 5.41) is 8.88. The number of carboxylic acids is 1. The molecule has 1 N–H and O–H groups in total. The Labute approximate surface area is 153 Å². The molecule has 0 saturated carbocycles. The highest BCUT2D eigenvalue weighted by Gasteiger charge is 2.09. The average molecular weight is 356 g/mol. The number of carbonyl (C=O) groups is 1. The lowest BCUT2D eigenvalue weighted by molar-refractivity contribution is -0.136. The van der Waals surface area contributed by atoms with E-state index in [2.05, 4.69) is 6.58 Å². The highest BCUT2D eigenvalue weighted by atomic mass is 16.5. The second-order valence-corrected chi connectivity index (χ2v) is 5.66. The number of allylic oxidation sites excluding steroid dienone is 1. The number of hydrogen-bond acceptors (Lipinski definition) is 4. The summed E-state index contributed by atoms with van der Waals surface area (Å²) in [7, 11) is 1.58. The van der Waals surface area contributed by atoms with Crippen LogP contribution in [0.15, 0.2) is 55.1 Å². The fourth-order valence-corrected chi connectivity index (χ4v) is 2.52. The van der Waals surface area contributed by atoms with Crippen molar-refractivity contribution in [1.29, 1.82) is 0 Å². The van der Waals surface area contributed by atoms with Gasteiger partial charge in [-0.3, -0.25) is 4.79 Å². The van der Waals surface area contributed by atoms with Crippen molar-refractivity contribution in [3.63, 3.8) is 0 Å². The van der Waals surface area contributed by atoms with Gasteiger partial charge in [-0.15, -0.1) is 6.58 Å². The van der Waals surface area contributed by atoms with Crippen LogP contribution in [0.2, 0.25) is 0 Å². The summed E-state index contributed by atoms with van der Waals surface area (Å²) in [5.41, 5.74) is 1.91. The van der Waals surface area contributed by atoms with Crippen molar-refractivity contribution in [2.45, 2.75) is 19.3 Å². The molecular weight excluding hydrogens is 332 g/mol. The number of hydrogen-bond donors (Lipinski definition) is 1. The van der Waals surface area contributed by atoms with Gasteiger partial charge in [-0.2, -0.15) is 0 Å². The highest BCUT2D eigenvalue weighted by molar-refractivity contribution is 5.67. The van der Waals surface area contributed by atoms with Gasteiger partial charge in [-0.1, -0.05) is 30.3 Å².